The Hall–Kier alpha value is -1.17. The summed E-state index contributed by atoms with van der Waals surface area (Å²) in [4.78, 5) is 13.2. The minimum absolute atomic E-state index is 0.153. The van der Waals surface area contributed by atoms with Gasteiger partial charge in [0.15, 0.2) is 6.10 Å². The molecule has 0 aliphatic carbocycles. The van der Waals surface area contributed by atoms with Crippen LogP contribution in [0.5, 0.6) is 0 Å². The molecule has 0 aromatic rings. The lowest BCUT2D eigenvalue weighted by molar-refractivity contribution is -0.0314. The van der Waals surface area contributed by atoms with E-state index in [0.29, 0.717) is 6.54 Å². The number of carbonyl (C=O) groups excluding carboxylic acids is 1. The second kappa shape index (κ2) is 3.53. The molecule has 3 nitrogen and oxygen atoms in total. The van der Waals surface area contributed by atoms with Crippen molar-refractivity contribution in [3.63, 3.8) is 0 Å². The van der Waals surface area contributed by atoms with E-state index in [-0.39, 0.29) is 17.6 Å². The molecular formula is C11H17NO2. The zero-order valence-corrected chi connectivity index (χ0v) is 9.20. The minimum Gasteiger partial charge on any atom is -0.432 e. The van der Waals surface area contributed by atoms with Crippen LogP contribution in [0.2, 0.25) is 0 Å². The minimum atomic E-state index is -0.412. The Kier molecular flexibility index (Phi) is 2.75. The average Bonchev–Trinajstić information content (AvgIpc) is 2.07. The van der Waals surface area contributed by atoms with Crippen LogP contribution in [0, 0.1) is 17.8 Å². The molecule has 1 amide bonds. The summed E-state index contributed by atoms with van der Waals surface area (Å²) in [6, 6.07) is 0.153. The fourth-order valence-corrected chi connectivity index (χ4v) is 1.57. The van der Waals surface area contributed by atoms with Gasteiger partial charge in [0, 0.05) is 18.0 Å². The van der Waals surface area contributed by atoms with Crippen molar-refractivity contribution < 1.29 is 9.53 Å². The molecule has 0 unspecified atom stereocenters. The Labute approximate surface area is 85.4 Å². The summed E-state index contributed by atoms with van der Waals surface area (Å²) in [6.45, 7) is 8.61. The number of cyclic esters (lactones) is 1. The summed E-state index contributed by atoms with van der Waals surface area (Å²) in [5, 5.41) is 0. The highest BCUT2D eigenvalue weighted by atomic mass is 16.6. The van der Waals surface area contributed by atoms with Gasteiger partial charge in [-0.25, -0.2) is 4.79 Å². The quantitative estimate of drug-likeness (QED) is 0.598. The third-order valence-corrected chi connectivity index (χ3v) is 2.52. The summed E-state index contributed by atoms with van der Waals surface area (Å²) in [7, 11) is 0. The van der Waals surface area contributed by atoms with E-state index in [9.17, 15) is 4.79 Å². The third kappa shape index (κ3) is 1.84. The lowest BCUT2D eigenvalue weighted by Crippen LogP contribution is -2.54. The first-order valence-electron chi connectivity index (χ1n) is 4.82. The first-order chi connectivity index (χ1) is 6.38. The zero-order chi connectivity index (χ0) is 10.9. The van der Waals surface area contributed by atoms with Crippen LogP contribution in [-0.2, 0) is 4.74 Å². The molecule has 1 rings (SSSR count). The first kappa shape index (κ1) is 10.9. The Morgan fingerprint density at radius 3 is 2.64 bits per heavy atom. The maximum Gasteiger partial charge on any atom is 0.411 e. The fraction of sp³-hybridized carbons (Fsp3) is 0.727. The van der Waals surface area contributed by atoms with Crippen LogP contribution in [-0.4, -0.2) is 29.7 Å². The summed E-state index contributed by atoms with van der Waals surface area (Å²) in [6.07, 6.45) is 4.60. The molecular weight excluding hydrogens is 178 g/mol. The molecule has 0 radical (unpaired) electrons. The van der Waals surface area contributed by atoms with Crippen molar-refractivity contribution in [1.29, 1.82) is 0 Å². The van der Waals surface area contributed by atoms with Crippen LogP contribution in [0.3, 0.4) is 0 Å². The lowest BCUT2D eigenvalue weighted by atomic mass is 9.85. The number of nitrogens with zero attached hydrogens (tertiary/aromatic N) is 1. The molecule has 78 valence electrons. The topological polar surface area (TPSA) is 29.5 Å². The van der Waals surface area contributed by atoms with Crippen LogP contribution >= 0.6 is 0 Å². The molecule has 0 bridgehead atoms. The maximum absolute atomic E-state index is 11.5. The number of ether oxygens (including phenoxy) is 1. The number of carbonyl (C=O) groups is 1. The second-order valence-electron chi connectivity index (χ2n) is 4.64. The largest absolute Gasteiger partial charge is 0.432 e. The predicted molar refractivity (Wildman–Crippen MR) is 54.7 cm³/mol. The Morgan fingerprint density at radius 1 is 1.64 bits per heavy atom. The fourth-order valence-electron chi connectivity index (χ4n) is 1.57. The van der Waals surface area contributed by atoms with Gasteiger partial charge in [-0.2, -0.15) is 0 Å². The van der Waals surface area contributed by atoms with E-state index in [1.165, 1.54) is 0 Å². The smallest absolute Gasteiger partial charge is 0.411 e. The summed E-state index contributed by atoms with van der Waals surface area (Å²) >= 11 is 0. The van der Waals surface area contributed by atoms with E-state index in [1.54, 1.807) is 4.90 Å². The molecule has 0 saturated carbocycles. The van der Waals surface area contributed by atoms with E-state index >= 15 is 0 Å². The number of hydrogen-bond donors (Lipinski definition) is 0. The van der Waals surface area contributed by atoms with Crippen LogP contribution in [0.25, 0.3) is 0 Å². The van der Waals surface area contributed by atoms with E-state index in [4.69, 9.17) is 11.2 Å². The van der Waals surface area contributed by atoms with Crippen LogP contribution < -0.4 is 0 Å². The average molecular weight is 195 g/mol. The summed E-state index contributed by atoms with van der Waals surface area (Å²) < 4.78 is 5.18. The monoisotopic (exact) mass is 195 g/mol. The number of hydrogen-bond acceptors (Lipinski definition) is 2. The Balaban J connectivity index is 2.84. The highest BCUT2D eigenvalue weighted by Gasteiger charge is 2.41. The molecule has 0 spiro atoms. The van der Waals surface area contributed by atoms with Gasteiger partial charge in [-0.05, 0) is 13.8 Å². The highest BCUT2D eigenvalue weighted by molar-refractivity contribution is 5.69. The Bertz CT molecular complexity index is 276. The van der Waals surface area contributed by atoms with Gasteiger partial charge in [0.25, 0.3) is 0 Å². The van der Waals surface area contributed by atoms with Gasteiger partial charge in [0.2, 0.25) is 0 Å². The van der Waals surface area contributed by atoms with Gasteiger partial charge < -0.3 is 9.64 Å². The van der Waals surface area contributed by atoms with E-state index in [0.717, 1.165) is 0 Å². The van der Waals surface area contributed by atoms with Gasteiger partial charge in [0.05, 0.1) is 0 Å². The van der Waals surface area contributed by atoms with Crippen molar-refractivity contribution in [2.75, 3.05) is 6.54 Å². The first-order valence-corrected chi connectivity index (χ1v) is 4.82. The van der Waals surface area contributed by atoms with Crippen LogP contribution in [0.1, 0.15) is 27.7 Å². The van der Waals surface area contributed by atoms with E-state index < -0.39 is 6.10 Å². The lowest BCUT2D eigenvalue weighted by Gasteiger charge is -2.42. The van der Waals surface area contributed by atoms with Crippen molar-refractivity contribution in [3.05, 3.63) is 0 Å². The normalized spacial score (nSPS) is 25.9. The molecule has 0 aromatic heterocycles. The van der Waals surface area contributed by atoms with Crippen LogP contribution in [0.15, 0.2) is 0 Å². The molecule has 0 aromatic carbocycles. The molecule has 1 saturated heterocycles. The van der Waals surface area contributed by atoms with E-state index in [2.05, 4.69) is 5.92 Å². The van der Waals surface area contributed by atoms with Crippen molar-refractivity contribution in [3.8, 4) is 12.3 Å². The predicted octanol–water partition coefficient (Wildman–Crippen LogP) is 1.88. The standard InChI is InChI=1S/C11H17NO2/c1-6-9-11(4,5)7-12(8(2)3)10(13)14-9/h1,8-9H,7H2,2-5H3/t9-/m1/s1. The van der Waals surface area contributed by atoms with Crippen LogP contribution in [0.4, 0.5) is 4.79 Å². The molecule has 14 heavy (non-hydrogen) atoms. The number of amides is 1. The van der Waals surface area contributed by atoms with Gasteiger partial charge in [-0.3, -0.25) is 0 Å². The van der Waals surface area contributed by atoms with Crippen molar-refractivity contribution in [1.82, 2.24) is 4.90 Å². The van der Waals surface area contributed by atoms with Crippen molar-refractivity contribution >= 4 is 6.09 Å². The van der Waals surface area contributed by atoms with Gasteiger partial charge in [0.1, 0.15) is 0 Å². The Morgan fingerprint density at radius 2 is 2.21 bits per heavy atom. The SMILES string of the molecule is C#C[C@H]1OC(=O)N(C(C)C)CC1(C)C. The number of rotatable bonds is 1. The van der Waals surface area contributed by atoms with E-state index in [1.807, 2.05) is 27.7 Å². The molecule has 3 heteroatoms. The van der Waals surface area contributed by atoms with Gasteiger partial charge in [-0.1, -0.05) is 19.8 Å². The molecule has 1 fully saturated rings. The van der Waals surface area contributed by atoms with Gasteiger partial charge in [-0.15, -0.1) is 6.42 Å². The van der Waals surface area contributed by atoms with Crippen molar-refractivity contribution in [2.24, 2.45) is 5.41 Å². The van der Waals surface area contributed by atoms with Gasteiger partial charge >= 0.3 is 6.09 Å². The number of terminal acetylenes is 1. The second-order valence-corrected chi connectivity index (χ2v) is 4.64. The summed E-state index contributed by atoms with van der Waals surface area (Å²) in [5.74, 6) is 2.51. The zero-order valence-electron chi connectivity index (χ0n) is 9.20. The molecule has 1 atom stereocenters. The molecule has 0 N–H and O–H groups in total. The molecule has 1 aliphatic rings. The highest BCUT2D eigenvalue weighted by Crippen LogP contribution is 2.30. The third-order valence-electron chi connectivity index (χ3n) is 2.52. The molecule has 1 heterocycles. The maximum atomic E-state index is 11.5. The van der Waals surface area contributed by atoms with Crippen molar-refractivity contribution in [2.45, 2.75) is 39.8 Å². The molecule has 1 aliphatic heterocycles. The summed E-state index contributed by atoms with van der Waals surface area (Å²) in [5.41, 5.74) is -0.174.